The molecule has 1 aliphatic heterocycles. The second kappa shape index (κ2) is 6.18. The second-order valence-corrected chi connectivity index (χ2v) is 7.95. The van der Waals surface area contributed by atoms with Crippen molar-refractivity contribution in [1.82, 2.24) is 0 Å². The van der Waals surface area contributed by atoms with Crippen LogP contribution in [0.4, 0.5) is 5.69 Å². The Morgan fingerprint density at radius 3 is 2.70 bits per heavy atom. The van der Waals surface area contributed by atoms with Crippen molar-refractivity contribution in [2.75, 3.05) is 11.6 Å². The predicted octanol–water partition coefficient (Wildman–Crippen LogP) is 5.25. The van der Waals surface area contributed by atoms with Crippen LogP contribution in [0.3, 0.4) is 0 Å². The van der Waals surface area contributed by atoms with Gasteiger partial charge in [-0.2, -0.15) is 0 Å². The Kier molecular flexibility index (Phi) is 3.88. The first-order valence-corrected chi connectivity index (χ1v) is 9.72. The fourth-order valence-electron chi connectivity index (χ4n) is 4.19. The van der Waals surface area contributed by atoms with Crippen LogP contribution in [0, 0.1) is 6.92 Å². The minimum absolute atomic E-state index is 0.203. The van der Waals surface area contributed by atoms with E-state index >= 15 is 0 Å². The maximum absolute atomic E-state index is 12.3. The van der Waals surface area contributed by atoms with Gasteiger partial charge in [0.15, 0.2) is 6.73 Å². The van der Waals surface area contributed by atoms with E-state index in [2.05, 4.69) is 11.0 Å². The third-order valence-electron chi connectivity index (χ3n) is 5.51. The van der Waals surface area contributed by atoms with E-state index in [1.165, 1.54) is 0 Å². The van der Waals surface area contributed by atoms with Gasteiger partial charge in [0, 0.05) is 34.3 Å². The number of ether oxygens (including phenoxy) is 1. The topological polar surface area (TPSA) is 42.7 Å². The van der Waals surface area contributed by atoms with Crippen molar-refractivity contribution in [2.45, 2.75) is 32.7 Å². The van der Waals surface area contributed by atoms with Gasteiger partial charge in [0.25, 0.3) is 0 Å². The highest BCUT2D eigenvalue weighted by Crippen LogP contribution is 2.39. The molecule has 0 unspecified atom stereocenters. The highest BCUT2D eigenvalue weighted by Gasteiger charge is 2.26. The number of benzene rings is 2. The van der Waals surface area contributed by atoms with Crippen molar-refractivity contribution < 1.29 is 9.15 Å². The van der Waals surface area contributed by atoms with Gasteiger partial charge in [-0.25, -0.2) is 4.79 Å². The number of fused-ring (bicyclic) bond motifs is 4. The molecule has 0 saturated carbocycles. The van der Waals surface area contributed by atoms with E-state index in [-0.39, 0.29) is 5.63 Å². The van der Waals surface area contributed by atoms with Gasteiger partial charge in [0.1, 0.15) is 11.3 Å². The van der Waals surface area contributed by atoms with E-state index in [9.17, 15) is 4.79 Å². The standard InChI is InChI=1S/C21H17Cl2NO3/c1-11-19-12(7-16-14-3-2-4-15(14)21(25)27-20(11)16)9-24(10-26-19)13-5-6-17(22)18(23)8-13/h5-8H,2-4,9-10H2,1H3. The van der Waals surface area contributed by atoms with E-state index in [1.807, 2.05) is 19.1 Å². The zero-order valence-corrected chi connectivity index (χ0v) is 16.3. The summed E-state index contributed by atoms with van der Waals surface area (Å²) in [5.41, 5.74) is 5.35. The summed E-state index contributed by atoms with van der Waals surface area (Å²) < 4.78 is 11.7. The highest BCUT2D eigenvalue weighted by molar-refractivity contribution is 6.42. The van der Waals surface area contributed by atoms with Crippen LogP contribution in [0.2, 0.25) is 10.0 Å². The van der Waals surface area contributed by atoms with Gasteiger partial charge < -0.3 is 14.1 Å². The third-order valence-corrected chi connectivity index (χ3v) is 6.25. The molecule has 27 heavy (non-hydrogen) atoms. The lowest BCUT2D eigenvalue weighted by Crippen LogP contribution is -2.32. The molecular weight excluding hydrogens is 385 g/mol. The van der Waals surface area contributed by atoms with Crippen molar-refractivity contribution in [1.29, 1.82) is 0 Å². The molecule has 0 N–H and O–H groups in total. The monoisotopic (exact) mass is 401 g/mol. The van der Waals surface area contributed by atoms with Crippen molar-refractivity contribution in [3.8, 4) is 5.75 Å². The van der Waals surface area contributed by atoms with E-state index < -0.39 is 0 Å². The lowest BCUT2D eigenvalue weighted by atomic mass is 9.99. The molecule has 2 aromatic carbocycles. The lowest BCUT2D eigenvalue weighted by molar-refractivity contribution is 0.287. The zero-order valence-electron chi connectivity index (χ0n) is 14.8. The number of anilines is 1. The van der Waals surface area contributed by atoms with Crippen LogP contribution in [0.15, 0.2) is 33.5 Å². The first kappa shape index (κ1) is 17.0. The van der Waals surface area contributed by atoms with Gasteiger partial charge >= 0.3 is 5.63 Å². The average Bonchev–Trinajstić information content (AvgIpc) is 3.16. The van der Waals surface area contributed by atoms with Gasteiger partial charge in [0.05, 0.1) is 10.0 Å². The first-order chi connectivity index (χ1) is 13.0. The molecular formula is C21H17Cl2NO3. The summed E-state index contributed by atoms with van der Waals surface area (Å²) in [6.07, 6.45) is 2.73. The van der Waals surface area contributed by atoms with Crippen molar-refractivity contribution in [2.24, 2.45) is 0 Å². The molecule has 0 spiro atoms. The maximum Gasteiger partial charge on any atom is 0.339 e. The molecule has 0 fully saturated rings. The minimum Gasteiger partial charge on any atom is -0.472 e. The van der Waals surface area contributed by atoms with Crippen LogP contribution in [0.25, 0.3) is 11.0 Å². The van der Waals surface area contributed by atoms with Crippen molar-refractivity contribution in [3.63, 3.8) is 0 Å². The number of nitrogens with zero attached hydrogens (tertiary/aromatic N) is 1. The predicted molar refractivity (Wildman–Crippen MR) is 107 cm³/mol. The summed E-state index contributed by atoms with van der Waals surface area (Å²) >= 11 is 12.2. The molecule has 0 bridgehead atoms. The van der Waals surface area contributed by atoms with Crippen LogP contribution in [0.5, 0.6) is 5.75 Å². The first-order valence-electron chi connectivity index (χ1n) is 8.97. The van der Waals surface area contributed by atoms with Crippen LogP contribution in [-0.2, 0) is 19.4 Å². The summed E-state index contributed by atoms with van der Waals surface area (Å²) in [6.45, 7) is 3.05. The molecule has 0 atom stereocenters. The Morgan fingerprint density at radius 2 is 1.89 bits per heavy atom. The molecule has 138 valence electrons. The Hall–Kier alpha value is -2.17. The summed E-state index contributed by atoms with van der Waals surface area (Å²) in [4.78, 5) is 14.4. The maximum atomic E-state index is 12.3. The van der Waals surface area contributed by atoms with Gasteiger partial charge in [-0.3, -0.25) is 0 Å². The number of hydrogen-bond acceptors (Lipinski definition) is 4. The normalized spacial score (nSPS) is 15.6. The Morgan fingerprint density at radius 1 is 1.07 bits per heavy atom. The SMILES string of the molecule is Cc1c2c(cc3c4c(c(=O)oc13)CCC4)CN(c1ccc(Cl)c(Cl)c1)CO2. The summed E-state index contributed by atoms with van der Waals surface area (Å²) in [6, 6.07) is 7.70. The Labute approximate surface area is 166 Å². The molecule has 3 aromatic rings. The van der Waals surface area contributed by atoms with E-state index in [4.69, 9.17) is 32.4 Å². The summed E-state index contributed by atoms with van der Waals surface area (Å²) in [5, 5.41) is 2.10. The lowest BCUT2D eigenvalue weighted by Gasteiger charge is -2.32. The van der Waals surface area contributed by atoms with Crippen LogP contribution < -0.4 is 15.3 Å². The number of aryl methyl sites for hydroxylation is 2. The molecule has 2 aliphatic rings. The minimum atomic E-state index is -0.203. The molecule has 6 heteroatoms. The van der Waals surface area contributed by atoms with E-state index in [1.54, 1.807) is 6.07 Å². The molecule has 0 radical (unpaired) electrons. The highest BCUT2D eigenvalue weighted by atomic mass is 35.5. The Bertz CT molecular complexity index is 1150. The van der Waals surface area contributed by atoms with E-state index in [0.29, 0.717) is 28.9 Å². The van der Waals surface area contributed by atoms with Gasteiger partial charge in [-0.15, -0.1) is 0 Å². The molecule has 0 saturated heterocycles. The second-order valence-electron chi connectivity index (χ2n) is 7.14. The summed E-state index contributed by atoms with van der Waals surface area (Å²) in [5.74, 6) is 0.805. The Balaban J connectivity index is 1.63. The summed E-state index contributed by atoms with van der Waals surface area (Å²) in [7, 11) is 0. The van der Waals surface area contributed by atoms with Gasteiger partial charge in [-0.05, 0) is 56.0 Å². The van der Waals surface area contributed by atoms with E-state index in [0.717, 1.165) is 58.3 Å². The molecule has 0 amide bonds. The number of rotatable bonds is 1. The largest absolute Gasteiger partial charge is 0.472 e. The van der Waals surface area contributed by atoms with Crippen molar-refractivity contribution >= 4 is 39.9 Å². The zero-order chi connectivity index (χ0) is 18.7. The molecule has 1 aliphatic carbocycles. The van der Waals surface area contributed by atoms with Crippen LogP contribution in [-0.4, -0.2) is 6.73 Å². The molecule has 4 nitrogen and oxygen atoms in total. The molecule has 5 rings (SSSR count). The molecule has 2 heterocycles. The fraction of sp³-hybridized carbons (Fsp3) is 0.286. The van der Waals surface area contributed by atoms with Crippen LogP contribution >= 0.6 is 23.2 Å². The third kappa shape index (κ3) is 2.62. The quantitative estimate of drug-likeness (QED) is 0.522. The number of halogens is 2. The average molecular weight is 402 g/mol. The van der Waals surface area contributed by atoms with Gasteiger partial charge in [0.2, 0.25) is 0 Å². The van der Waals surface area contributed by atoms with Gasteiger partial charge in [-0.1, -0.05) is 23.2 Å². The smallest absolute Gasteiger partial charge is 0.339 e. The van der Waals surface area contributed by atoms with Crippen molar-refractivity contribution in [3.05, 3.63) is 67.0 Å². The van der Waals surface area contributed by atoms with Crippen LogP contribution in [0.1, 0.15) is 28.7 Å². The molecule has 1 aromatic heterocycles. The number of hydrogen-bond donors (Lipinski definition) is 0. The fourth-order valence-corrected chi connectivity index (χ4v) is 4.48.